The molecule has 6 nitrogen and oxygen atoms in total. The number of nitrogens with two attached hydrogens (primary N) is 2. The van der Waals surface area contributed by atoms with Crippen molar-refractivity contribution >= 4 is 17.3 Å². The summed E-state index contributed by atoms with van der Waals surface area (Å²) in [6.45, 7) is -0.150. The van der Waals surface area contributed by atoms with E-state index < -0.39 is 12.0 Å². The third kappa shape index (κ3) is 3.11. The molecule has 1 aromatic carbocycles. The van der Waals surface area contributed by atoms with Crippen LogP contribution in [0.4, 0.5) is 11.4 Å². The highest BCUT2D eigenvalue weighted by Crippen LogP contribution is 2.19. The zero-order chi connectivity index (χ0) is 12.1. The molecule has 7 N–H and O–H groups in total. The predicted molar refractivity (Wildman–Crippen MR) is 61.0 cm³/mol. The summed E-state index contributed by atoms with van der Waals surface area (Å²) < 4.78 is 0. The van der Waals surface area contributed by atoms with E-state index >= 15 is 0 Å². The van der Waals surface area contributed by atoms with Crippen LogP contribution in [0.3, 0.4) is 0 Å². The number of benzene rings is 1. The summed E-state index contributed by atoms with van der Waals surface area (Å²) in [5.41, 5.74) is 12.0. The fraction of sp³-hybridized carbons (Fsp3) is 0.300. The van der Waals surface area contributed by atoms with Gasteiger partial charge in [-0.15, -0.1) is 0 Å². The second-order valence-corrected chi connectivity index (χ2v) is 3.38. The minimum absolute atomic E-state index is 0.177. The minimum atomic E-state index is -0.852. The molecule has 0 heterocycles. The van der Waals surface area contributed by atoms with Gasteiger partial charge in [-0.3, -0.25) is 4.79 Å². The maximum Gasteiger partial charge on any atom is 0.248 e. The Labute approximate surface area is 92.9 Å². The van der Waals surface area contributed by atoms with Crippen LogP contribution in [0.15, 0.2) is 18.2 Å². The fourth-order valence-corrected chi connectivity index (χ4v) is 1.17. The first-order valence-electron chi connectivity index (χ1n) is 4.76. The first-order valence-corrected chi connectivity index (χ1v) is 4.76. The second-order valence-electron chi connectivity index (χ2n) is 3.38. The van der Waals surface area contributed by atoms with E-state index in [1.165, 1.54) is 12.1 Å². The lowest BCUT2D eigenvalue weighted by molar-refractivity contribution is 0.1000. The number of aliphatic hydroxyl groups excluding tert-OH is 2. The highest BCUT2D eigenvalue weighted by Gasteiger charge is 2.06. The highest BCUT2D eigenvalue weighted by atomic mass is 16.3. The van der Waals surface area contributed by atoms with Gasteiger partial charge >= 0.3 is 0 Å². The van der Waals surface area contributed by atoms with Crippen LogP contribution < -0.4 is 16.8 Å². The maximum atomic E-state index is 10.9. The molecule has 0 spiro atoms. The Kier molecular flexibility index (Phi) is 4.10. The summed E-state index contributed by atoms with van der Waals surface area (Å²) in [5.74, 6) is -0.548. The van der Waals surface area contributed by atoms with Gasteiger partial charge in [0.25, 0.3) is 0 Å². The van der Waals surface area contributed by atoms with Gasteiger partial charge in [0.1, 0.15) is 0 Å². The smallest absolute Gasteiger partial charge is 0.248 e. The molecule has 1 rings (SSSR count). The normalized spacial score (nSPS) is 12.1. The van der Waals surface area contributed by atoms with E-state index in [4.69, 9.17) is 21.7 Å². The fourth-order valence-electron chi connectivity index (χ4n) is 1.17. The van der Waals surface area contributed by atoms with Crippen LogP contribution in [-0.2, 0) is 0 Å². The molecule has 1 aromatic rings. The molecule has 0 aromatic heterocycles. The van der Waals surface area contributed by atoms with Gasteiger partial charge in [0.2, 0.25) is 5.91 Å². The molecular formula is C10H15N3O3. The van der Waals surface area contributed by atoms with Crippen LogP contribution >= 0.6 is 0 Å². The van der Waals surface area contributed by atoms with Crippen molar-refractivity contribution in [3.8, 4) is 0 Å². The van der Waals surface area contributed by atoms with Crippen LogP contribution in [0.25, 0.3) is 0 Å². The van der Waals surface area contributed by atoms with E-state index in [1.807, 2.05) is 0 Å². The average molecular weight is 225 g/mol. The number of nitrogens with one attached hydrogen (secondary N) is 1. The Morgan fingerprint density at radius 3 is 2.69 bits per heavy atom. The molecule has 1 unspecified atom stereocenters. The van der Waals surface area contributed by atoms with Crippen molar-refractivity contribution in [2.24, 2.45) is 5.73 Å². The summed E-state index contributed by atoms with van der Waals surface area (Å²) in [7, 11) is 0. The van der Waals surface area contributed by atoms with Gasteiger partial charge in [0, 0.05) is 12.1 Å². The summed E-state index contributed by atoms with van der Waals surface area (Å²) in [4.78, 5) is 10.9. The molecule has 0 aliphatic rings. The summed E-state index contributed by atoms with van der Waals surface area (Å²) in [6.07, 6.45) is -0.852. The molecule has 0 radical (unpaired) electrons. The molecule has 0 bridgehead atoms. The number of anilines is 2. The van der Waals surface area contributed by atoms with Crippen LogP contribution in [0.5, 0.6) is 0 Å². The molecular weight excluding hydrogens is 210 g/mol. The predicted octanol–water partition coefficient (Wildman–Crippen LogP) is -0.867. The van der Waals surface area contributed by atoms with Gasteiger partial charge in [-0.2, -0.15) is 0 Å². The minimum Gasteiger partial charge on any atom is -0.397 e. The zero-order valence-corrected chi connectivity index (χ0v) is 8.68. The second kappa shape index (κ2) is 5.34. The Balaban J connectivity index is 2.72. The van der Waals surface area contributed by atoms with Crippen LogP contribution in [-0.4, -0.2) is 35.4 Å². The van der Waals surface area contributed by atoms with Crippen molar-refractivity contribution in [2.45, 2.75) is 6.10 Å². The molecule has 0 aliphatic carbocycles. The van der Waals surface area contributed by atoms with Gasteiger partial charge in [0.05, 0.1) is 24.1 Å². The van der Waals surface area contributed by atoms with Crippen LogP contribution in [0, 0.1) is 0 Å². The molecule has 0 fully saturated rings. The molecule has 16 heavy (non-hydrogen) atoms. The number of hydrogen-bond donors (Lipinski definition) is 5. The van der Waals surface area contributed by atoms with Crippen molar-refractivity contribution in [3.05, 3.63) is 23.8 Å². The average Bonchev–Trinajstić information content (AvgIpc) is 2.26. The Morgan fingerprint density at radius 1 is 1.50 bits per heavy atom. The van der Waals surface area contributed by atoms with E-state index in [0.717, 1.165) is 0 Å². The van der Waals surface area contributed by atoms with Crippen molar-refractivity contribution in [2.75, 3.05) is 24.2 Å². The van der Waals surface area contributed by atoms with Gasteiger partial charge in [-0.25, -0.2) is 0 Å². The number of hydrogen-bond acceptors (Lipinski definition) is 5. The SMILES string of the molecule is NC(=O)c1ccc(NCC(O)CO)c(N)c1. The molecule has 6 heteroatoms. The lowest BCUT2D eigenvalue weighted by Crippen LogP contribution is -2.23. The number of primary amides is 1. The van der Waals surface area contributed by atoms with E-state index in [9.17, 15) is 4.79 Å². The third-order valence-electron chi connectivity index (χ3n) is 2.07. The monoisotopic (exact) mass is 225 g/mol. The number of carbonyl (C=O) groups excluding carboxylic acids is 1. The molecule has 1 amide bonds. The molecule has 1 atom stereocenters. The summed E-state index contributed by atoms with van der Waals surface area (Å²) in [5, 5.41) is 20.6. The van der Waals surface area contributed by atoms with Crippen molar-refractivity contribution in [1.29, 1.82) is 0 Å². The molecule has 0 saturated heterocycles. The number of amides is 1. The third-order valence-corrected chi connectivity index (χ3v) is 2.07. The lowest BCUT2D eigenvalue weighted by Gasteiger charge is -2.12. The zero-order valence-electron chi connectivity index (χ0n) is 8.68. The first kappa shape index (κ1) is 12.3. The van der Waals surface area contributed by atoms with Crippen molar-refractivity contribution < 1.29 is 15.0 Å². The van der Waals surface area contributed by atoms with Gasteiger partial charge in [0.15, 0.2) is 0 Å². The number of aliphatic hydroxyl groups is 2. The highest BCUT2D eigenvalue weighted by molar-refractivity contribution is 5.94. The largest absolute Gasteiger partial charge is 0.397 e. The van der Waals surface area contributed by atoms with E-state index in [-0.39, 0.29) is 13.2 Å². The van der Waals surface area contributed by atoms with Crippen LogP contribution in [0.1, 0.15) is 10.4 Å². The van der Waals surface area contributed by atoms with Gasteiger partial charge in [-0.05, 0) is 18.2 Å². The molecule has 88 valence electrons. The quantitative estimate of drug-likeness (QED) is 0.417. The van der Waals surface area contributed by atoms with E-state index in [0.29, 0.717) is 16.9 Å². The first-order chi connectivity index (χ1) is 7.54. The number of nitrogen functional groups attached to an aromatic ring is 1. The maximum absolute atomic E-state index is 10.9. The molecule has 0 saturated carbocycles. The van der Waals surface area contributed by atoms with Crippen LogP contribution in [0.2, 0.25) is 0 Å². The number of carbonyl (C=O) groups is 1. The topological polar surface area (TPSA) is 122 Å². The Bertz CT molecular complexity index is 382. The van der Waals surface area contributed by atoms with Crippen molar-refractivity contribution in [3.63, 3.8) is 0 Å². The summed E-state index contributed by atoms with van der Waals surface area (Å²) >= 11 is 0. The Morgan fingerprint density at radius 2 is 2.19 bits per heavy atom. The molecule has 0 aliphatic heterocycles. The van der Waals surface area contributed by atoms with Crippen molar-refractivity contribution in [1.82, 2.24) is 0 Å². The summed E-state index contributed by atoms with van der Waals surface area (Å²) in [6, 6.07) is 4.59. The number of rotatable bonds is 5. The van der Waals surface area contributed by atoms with Gasteiger partial charge < -0.3 is 27.0 Å². The Hall–Kier alpha value is -1.79. The van der Waals surface area contributed by atoms with E-state index in [2.05, 4.69) is 5.32 Å². The lowest BCUT2D eigenvalue weighted by atomic mass is 10.1. The van der Waals surface area contributed by atoms with Gasteiger partial charge in [-0.1, -0.05) is 0 Å². The standard InChI is InChI=1S/C10H15N3O3/c11-8-3-6(10(12)16)1-2-9(8)13-4-7(15)5-14/h1-3,7,13-15H,4-5,11H2,(H2,12,16). The van der Waals surface area contributed by atoms with E-state index in [1.54, 1.807) is 6.07 Å².